The molecule has 26 heavy (non-hydrogen) atoms. The first-order valence-corrected chi connectivity index (χ1v) is 7.93. The van der Waals surface area contributed by atoms with Crippen molar-refractivity contribution in [2.45, 2.75) is 19.6 Å². The van der Waals surface area contributed by atoms with Crippen molar-refractivity contribution < 1.29 is 22.8 Å². The van der Waals surface area contributed by atoms with E-state index in [9.17, 15) is 13.6 Å². The van der Waals surface area contributed by atoms with Crippen LogP contribution in [0.2, 0.25) is 0 Å². The molecule has 0 radical (unpaired) electrons. The second-order valence-corrected chi connectivity index (χ2v) is 5.60. The fraction of sp³-hybridized carbons (Fsp3) is 0.158. The number of carbonyl (C=O) groups excluding carboxylic acids is 1. The maximum Gasteiger partial charge on any atom is 0.261 e. The Morgan fingerprint density at radius 1 is 1.19 bits per heavy atom. The van der Waals surface area contributed by atoms with Gasteiger partial charge < -0.3 is 14.6 Å². The summed E-state index contributed by atoms with van der Waals surface area (Å²) >= 11 is 0. The van der Waals surface area contributed by atoms with Gasteiger partial charge in [0.25, 0.3) is 5.91 Å². The first-order chi connectivity index (χ1) is 12.5. The number of ether oxygens (including phenoxy) is 1. The largest absolute Gasteiger partial charge is 0.481 e. The van der Waals surface area contributed by atoms with Crippen molar-refractivity contribution in [3.63, 3.8) is 0 Å². The van der Waals surface area contributed by atoms with Crippen LogP contribution >= 0.6 is 0 Å². The molecule has 0 spiro atoms. The minimum atomic E-state index is -0.749. The molecule has 1 heterocycles. The Labute approximate surface area is 148 Å². The molecule has 7 heteroatoms. The van der Waals surface area contributed by atoms with Crippen molar-refractivity contribution >= 4 is 5.91 Å². The minimum absolute atomic E-state index is 0.0909. The van der Waals surface area contributed by atoms with Gasteiger partial charge >= 0.3 is 0 Å². The Morgan fingerprint density at radius 3 is 2.69 bits per heavy atom. The summed E-state index contributed by atoms with van der Waals surface area (Å²) in [6.07, 6.45) is -0.696. The molecular weight excluding hydrogens is 342 g/mol. The highest BCUT2D eigenvalue weighted by atomic mass is 19.1. The fourth-order valence-electron chi connectivity index (χ4n) is 2.29. The van der Waals surface area contributed by atoms with Gasteiger partial charge in [-0.1, -0.05) is 23.4 Å². The molecule has 0 bridgehead atoms. The van der Waals surface area contributed by atoms with E-state index in [1.54, 1.807) is 19.1 Å². The molecule has 2 aromatic carbocycles. The van der Waals surface area contributed by atoms with E-state index in [0.717, 1.165) is 12.1 Å². The van der Waals surface area contributed by atoms with E-state index >= 15 is 0 Å². The zero-order valence-electron chi connectivity index (χ0n) is 13.9. The molecule has 0 aliphatic heterocycles. The molecule has 1 unspecified atom stereocenters. The second-order valence-electron chi connectivity index (χ2n) is 5.60. The SMILES string of the molecule is CC(Oc1ccccc1)C(=O)NCc1cc(-c2ccc(F)cc2F)on1. The number of hydrogen-bond acceptors (Lipinski definition) is 4. The van der Waals surface area contributed by atoms with Gasteiger partial charge in [0.1, 0.15) is 23.1 Å². The lowest BCUT2D eigenvalue weighted by atomic mass is 10.1. The molecule has 1 amide bonds. The predicted octanol–water partition coefficient (Wildman–Crippen LogP) is 3.70. The molecule has 1 aromatic heterocycles. The maximum absolute atomic E-state index is 13.8. The van der Waals surface area contributed by atoms with E-state index < -0.39 is 17.7 Å². The third-order valence-corrected chi connectivity index (χ3v) is 3.62. The number of rotatable bonds is 6. The van der Waals surface area contributed by atoms with Crippen LogP contribution in [0.5, 0.6) is 5.75 Å². The van der Waals surface area contributed by atoms with E-state index in [4.69, 9.17) is 9.26 Å². The summed E-state index contributed by atoms with van der Waals surface area (Å²) in [6, 6.07) is 13.6. The second kappa shape index (κ2) is 7.77. The van der Waals surface area contributed by atoms with Crippen molar-refractivity contribution in [3.8, 4) is 17.1 Å². The zero-order valence-corrected chi connectivity index (χ0v) is 13.9. The van der Waals surface area contributed by atoms with Crippen molar-refractivity contribution in [1.29, 1.82) is 0 Å². The molecule has 0 saturated carbocycles. The van der Waals surface area contributed by atoms with Gasteiger partial charge in [-0.05, 0) is 31.2 Å². The molecule has 0 saturated heterocycles. The molecule has 134 valence electrons. The van der Waals surface area contributed by atoms with Crippen LogP contribution < -0.4 is 10.1 Å². The highest BCUT2D eigenvalue weighted by Gasteiger charge is 2.16. The van der Waals surface area contributed by atoms with Gasteiger partial charge in [0, 0.05) is 12.1 Å². The third kappa shape index (κ3) is 4.24. The van der Waals surface area contributed by atoms with Gasteiger partial charge in [-0.3, -0.25) is 4.79 Å². The van der Waals surface area contributed by atoms with Crippen molar-refractivity contribution in [2.24, 2.45) is 0 Å². The molecule has 5 nitrogen and oxygen atoms in total. The van der Waals surface area contributed by atoms with Crippen LogP contribution in [-0.2, 0) is 11.3 Å². The van der Waals surface area contributed by atoms with Crippen LogP contribution in [0.15, 0.2) is 59.1 Å². The summed E-state index contributed by atoms with van der Waals surface area (Å²) in [5.41, 5.74) is 0.501. The first-order valence-electron chi connectivity index (χ1n) is 7.93. The van der Waals surface area contributed by atoms with Crippen LogP contribution in [0.25, 0.3) is 11.3 Å². The van der Waals surface area contributed by atoms with Crippen molar-refractivity contribution in [3.05, 3.63) is 71.9 Å². The zero-order chi connectivity index (χ0) is 18.5. The highest BCUT2D eigenvalue weighted by molar-refractivity contribution is 5.80. The normalized spacial score (nSPS) is 11.8. The summed E-state index contributed by atoms with van der Waals surface area (Å²) < 4.78 is 37.3. The van der Waals surface area contributed by atoms with Gasteiger partial charge in [0.15, 0.2) is 11.9 Å². The average molecular weight is 358 g/mol. The lowest BCUT2D eigenvalue weighted by Gasteiger charge is -2.13. The van der Waals surface area contributed by atoms with E-state index in [0.29, 0.717) is 11.4 Å². The molecule has 3 rings (SSSR count). The van der Waals surface area contributed by atoms with Gasteiger partial charge in [0.2, 0.25) is 0 Å². The van der Waals surface area contributed by atoms with Gasteiger partial charge in [0.05, 0.1) is 12.1 Å². The number of nitrogens with zero attached hydrogens (tertiary/aromatic N) is 1. The number of halogens is 2. The lowest BCUT2D eigenvalue weighted by molar-refractivity contribution is -0.127. The molecule has 1 atom stereocenters. The van der Waals surface area contributed by atoms with Gasteiger partial charge in [-0.25, -0.2) is 8.78 Å². The monoisotopic (exact) mass is 358 g/mol. The van der Waals surface area contributed by atoms with Crippen molar-refractivity contribution in [2.75, 3.05) is 0 Å². The quantitative estimate of drug-likeness (QED) is 0.730. The van der Waals surface area contributed by atoms with Crippen LogP contribution in [0.3, 0.4) is 0 Å². The topological polar surface area (TPSA) is 64.4 Å². The number of amides is 1. The fourth-order valence-corrected chi connectivity index (χ4v) is 2.29. The Kier molecular flexibility index (Phi) is 5.26. The van der Waals surface area contributed by atoms with Crippen LogP contribution in [0, 0.1) is 11.6 Å². The lowest BCUT2D eigenvalue weighted by Crippen LogP contribution is -2.35. The third-order valence-electron chi connectivity index (χ3n) is 3.62. The molecule has 0 fully saturated rings. The smallest absolute Gasteiger partial charge is 0.261 e. The van der Waals surface area contributed by atoms with Gasteiger partial charge in [-0.2, -0.15) is 0 Å². The highest BCUT2D eigenvalue weighted by Crippen LogP contribution is 2.24. The number of para-hydroxylation sites is 1. The average Bonchev–Trinajstić information content (AvgIpc) is 3.09. The molecule has 3 aromatic rings. The summed E-state index contributed by atoms with van der Waals surface area (Å²) in [7, 11) is 0. The van der Waals surface area contributed by atoms with E-state index in [-0.39, 0.29) is 23.8 Å². The first kappa shape index (κ1) is 17.6. The maximum atomic E-state index is 13.8. The number of carbonyl (C=O) groups is 1. The van der Waals surface area contributed by atoms with Crippen LogP contribution in [-0.4, -0.2) is 17.2 Å². The van der Waals surface area contributed by atoms with E-state index in [2.05, 4.69) is 10.5 Å². The van der Waals surface area contributed by atoms with E-state index in [1.807, 2.05) is 18.2 Å². The minimum Gasteiger partial charge on any atom is -0.481 e. The Morgan fingerprint density at radius 2 is 1.96 bits per heavy atom. The number of benzene rings is 2. The van der Waals surface area contributed by atoms with Crippen LogP contribution in [0.1, 0.15) is 12.6 Å². The standard InChI is InChI=1S/C19H16F2N2O3/c1-12(25-15-5-3-2-4-6-15)19(24)22-11-14-10-18(26-23-14)16-8-7-13(20)9-17(16)21/h2-10,12H,11H2,1H3,(H,22,24). The summed E-state index contributed by atoms with van der Waals surface area (Å²) in [5, 5.41) is 6.45. The summed E-state index contributed by atoms with van der Waals surface area (Å²) in [5.74, 6) is -1.01. The molecule has 0 aliphatic carbocycles. The van der Waals surface area contributed by atoms with Crippen molar-refractivity contribution in [1.82, 2.24) is 10.5 Å². The summed E-state index contributed by atoms with van der Waals surface area (Å²) in [4.78, 5) is 12.1. The summed E-state index contributed by atoms with van der Waals surface area (Å²) in [6.45, 7) is 1.72. The molecular formula is C19H16F2N2O3. The Balaban J connectivity index is 1.58. The number of nitrogens with one attached hydrogen (secondary N) is 1. The predicted molar refractivity (Wildman–Crippen MR) is 90.2 cm³/mol. The molecule has 1 N–H and O–H groups in total. The Hall–Kier alpha value is -3.22. The Bertz CT molecular complexity index is 897. The molecule has 0 aliphatic rings. The van der Waals surface area contributed by atoms with E-state index in [1.165, 1.54) is 12.1 Å². The number of hydrogen-bond donors (Lipinski definition) is 1. The van der Waals surface area contributed by atoms with Crippen LogP contribution in [0.4, 0.5) is 8.78 Å². The number of aromatic nitrogens is 1. The van der Waals surface area contributed by atoms with Gasteiger partial charge in [-0.15, -0.1) is 0 Å².